The van der Waals surface area contributed by atoms with E-state index < -0.39 is 18.1 Å². The van der Waals surface area contributed by atoms with Gasteiger partial charge in [-0.05, 0) is 44.6 Å². The Labute approximate surface area is 99.8 Å². The molecule has 1 rings (SSSR count). The summed E-state index contributed by atoms with van der Waals surface area (Å²) in [4.78, 5) is 14.2. The summed E-state index contributed by atoms with van der Waals surface area (Å²) < 4.78 is 24.9. The van der Waals surface area contributed by atoms with Gasteiger partial charge in [0.15, 0.2) is 0 Å². The molecule has 3 nitrogen and oxygen atoms in total. The number of halogens is 4. The number of alkyl halides is 2. The van der Waals surface area contributed by atoms with Crippen molar-refractivity contribution in [3.05, 3.63) is 25.5 Å². The van der Waals surface area contributed by atoms with Gasteiger partial charge in [0.25, 0.3) is 6.43 Å². The summed E-state index contributed by atoms with van der Waals surface area (Å²) in [7, 11) is 0. The summed E-state index contributed by atoms with van der Waals surface area (Å²) in [6, 6.07) is 0.860. The van der Waals surface area contributed by atoms with Gasteiger partial charge in [-0.3, -0.25) is 0 Å². The molecule has 0 aromatic carbocycles. The van der Waals surface area contributed by atoms with Crippen molar-refractivity contribution >= 4 is 44.5 Å². The maximum atomic E-state index is 12.2. The monoisotopic (exact) mass is 377 g/mol. The average Bonchev–Trinajstić information content (AvgIpc) is 2.08. The Bertz CT molecular complexity index is 386. The van der Waals surface area contributed by atoms with Gasteiger partial charge in [-0.25, -0.2) is 18.6 Å². The highest BCUT2D eigenvalue weighted by Crippen LogP contribution is 2.26. The van der Waals surface area contributed by atoms with E-state index in [1.165, 1.54) is 0 Å². The van der Waals surface area contributed by atoms with Crippen LogP contribution in [0.15, 0.2) is 10.5 Å². The Kier molecular flexibility index (Phi) is 3.76. The van der Waals surface area contributed by atoms with Crippen LogP contribution in [0.25, 0.3) is 0 Å². The van der Waals surface area contributed by atoms with E-state index in [1.54, 1.807) is 22.6 Å². The number of hydrogen-bond donors (Lipinski definition) is 1. The van der Waals surface area contributed by atoms with Crippen molar-refractivity contribution in [2.75, 3.05) is 0 Å². The molecule has 0 atom stereocenters. The smallest absolute Gasteiger partial charge is 0.337 e. The molecule has 0 saturated heterocycles. The summed E-state index contributed by atoms with van der Waals surface area (Å²) in [5, 5.41) is 8.69. The van der Waals surface area contributed by atoms with Gasteiger partial charge >= 0.3 is 5.97 Å². The SMILES string of the molecule is O=C(O)c1cc(C(F)F)nc(I)c1Br. The van der Waals surface area contributed by atoms with E-state index in [1.807, 2.05) is 0 Å². The summed E-state index contributed by atoms with van der Waals surface area (Å²) in [6.07, 6.45) is -2.77. The molecule has 0 aliphatic rings. The van der Waals surface area contributed by atoms with E-state index in [2.05, 4.69) is 20.9 Å². The van der Waals surface area contributed by atoms with E-state index in [-0.39, 0.29) is 13.7 Å². The Hall–Kier alpha value is -0.310. The van der Waals surface area contributed by atoms with Gasteiger partial charge < -0.3 is 5.11 Å². The lowest BCUT2D eigenvalue weighted by molar-refractivity contribution is 0.0695. The lowest BCUT2D eigenvalue weighted by Gasteiger charge is -2.04. The van der Waals surface area contributed by atoms with E-state index in [9.17, 15) is 13.6 Å². The zero-order valence-corrected chi connectivity index (χ0v) is 10.2. The number of hydrogen-bond acceptors (Lipinski definition) is 2. The molecule has 0 fully saturated rings. The zero-order chi connectivity index (χ0) is 10.9. The number of nitrogens with zero attached hydrogens (tertiary/aromatic N) is 1. The molecule has 0 amide bonds. The van der Waals surface area contributed by atoms with Crippen molar-refractivity contribution in [3.63, 3.8) is 0 Å². The Morgan fingerprint density at radius 2 is 2.21 bits per heavy atom. The van der Waals surface area contributed by atoms with E-state index in [4.69, 9.17) is 5.11 Å². The summed E-state index contributed by atoms with van der Waals surface area (Å²) >= 11 is 4.66. The summed E-state index contributed by atoms with van der Waals surface area (Å²) in [5.74, 6) is -1.26. The molecule has 76 valence electrons. The molecule has 0 unspecified atom stereocenters. The molecule has 0 saturated carbocycles. The minimum absolute atomic E-state index is 0.206. The largest absolute Gasteiger partial charge is 0.478 e. The number of aromatic nitrogens is 1. The molecular formula is C7H3BrF2INO2. The van der Waals surface area contributed by atoms with Crippen LogP contribution in [0, 0.1) is 3.70 Å². The standard InChI is InChI=1S/C7H3BrF2INO2/c8-4-2(7(13)14)1-3(5(9)10)12-6(4)11/h1,5H,(H,13,14). The first-order valence-corrected chi connectivity index (χ1v) is 5.18. The van der Waals surface area contributed by atoms with E-state index in [0.29, 0.717) is 0 Å². The molecule has 0 bridgehead atoms. The maximum absolute atomic E-state index is 12.2. The van der Waals surface area contributed by atoms with E-state index >= 15 is 0 Å². The third-order valence-electron chi connectivity index (χ3n) is 1.39. The molecular weight excluding hydrogens is 375 g/mol. The second-order valence-corrected chi connectivity index (χ2v) is 4.12. The normalized spacial score (nSPS) is 10.6. The van der Waals surface area contributed by atoms with Crippen LogP contribution in [0.3, 0.4) is 0 Å². The lowest BCUT2D eigenvalue weighted by Crippen LogP contribution is -2.04. The number of carboxylic acids is 1. The van der Waals surface area contributed by atoms with Crippen LogP contribution in [-0.4, -0.2) is 16.1 Å². The maximum Gasteiger partial charge on any atom is 0.337 e. The first-order valence-electron chi connectivity index (χ1n) is 3.31. The van der Waals surface area contributed by atoms with Gasteiger partial charge in [0.2, 0.25) is 0 Å². The molecule has 1 aromatic heterocycles. The first-order chi connectivity index (χ1) is 6.43. The quantitative estimate of drug-likeness (QED) is 0.636. The fraction of sp³-hybridized carbons (Fsp3) is 0.143. The number of carboxylic acid groups (broad SMARTS) is 1. The van der Waals surface area contributed by atoms with Crippen molar-refractivity contribution in [2.24, 2.45) is 0 Å². The topological polar surface area (TPSA) is 50.2 Å². The predicted octanol–water partition coefficient (Wildman–Crippen LogP) is 3.08. The van der Waals surface area contributed by atoms with Gasteiger partial charge in [0.1, 0.15) is 9.39 Å². The van der Waals surface area contributed by atoms with Crippen molar-refractivity contribution in [3.8, 4) is 0 Å². The molecule has 14 heavy (non-hydrogen) atoms. The lowest BCUT2D eigenvalue weighted by atomic mass is 10.2. The van der Waals surface area contributed by atoms with Crippen LogP contribution in [0.2, 0.25) is 0 Å². The zero-order valence-electron chi connectivity index (χ0n) is 6.47. The molecule has 0 aliphatic heterocycles. The van der Waals surface area contributed by atoms with Gasteiger partial charge in [-0.2, -0.15) is 0 Å². The highest BCUT2D eigenvalue weighted by atomic mass is 127. The Morgan fingerprint density at radius 1 is 1.64 bits per heavy atom. The fourth-order valence-electron chi connectivity index (χ4n) is 0.784. The Morgan fingerprint density at radius 3 is 2.64 bits per heavy atom. The number of aromatic carboxylic acids is 1. The third-order valence-corrected chi connectivity index (χ3v) is 3.72. The summed E-state index contributed by atoms with van der Waals surface area (Å²) in [6.45, 7) is 0. The predicted molar refractivity (Wildman–Crippen MR) is 56.6 cm³/mol. The number of rotatable bonds is 2. The van der Waals surface area contributed by atoms with Crippen LogP contribution in [-0.2, 0) is 0 Å². The van der Waals surface area contributed by atoms with E-state index in [0.717, 1.165) is 6.07 Å². The third kappa shape index (κ3) is 2.38. The van der Waals surface area contributed by atoms with Gasteiger partial charge in [0.05, 0.1) is 10.0 Å². The van der Waals surface area contributed by atoms with Crippen LogP contribution >= 0.6 is 38.5 Å². The van der Waals surface area contributed by atoms with Crippen molar-refractivity contribution in [1.29, 1.82) is 0 Å². The molecule has 1 N–H and O–H groups in total. The van der Waals surface area contributed by atoms with Crippen molar-refractivity contribution < 1.29 is 18.7 Å². The van der Waals surface area contributed by atoms with Gasteiger partial charge in [0, 0.05) is 0 Å². The number of carbonyl (C=O) groups is 1. The second kappa shape index (κ2) is 4.47. The van der Waals surface area contributed by atoms with Gasteiger partial charge in [-0.15, -0.1) is 0 Å². The fourth-order valence-corrected chi connectivity index (χ4v) is 1.73. The molecule has 0 spiro atoms. The van der Waals surface area contributed by atoms with Crippen LogP contribution in [0.4, 0.5) is 8.78 Å². The highest BCUT2D eigenvalue weighted by molar-refractivity contribution is 14.1. The first kappa shape index (κ1) is 11.8. The summed E-state index contributed by atoms with van der Waals surface area (Å²) in [5.41, 5.74) is -0.741. The van der Waals surface area contributed by atoms with Crippen LogP contribution in [0.5, 0.6) is 0 Å². The molecule has 1 aromatic rings. The minimum Gasteiger partial charge on any atom is -0.478 e. The van der Waals surface area contributed by atoms with Crippen LogP contribution in [0.1, 0.15) is 22.5 Å². The van der Waals surface area contributed by atoms with Crippen molar-refractivity contribution in [2.45, 2.75) is 6.43 Å². The van der Waals surface area contributed by atoms with Gasteiger partial charge in [-0.1, -0.05) is 0 Å². The second-order valence-electron chi connectivity index (χ2n) is 2.31. The highest BCUT2D eigenvalue weighted by Gasteiger charge is 2.18. The van der Waals surface area contributed by atoms with Crippen molar-refractivity contribution in [1.82, 2.24) is 4.98 Å². The minimum atomic E-state index is -2.77. The molecule has 0 aliphatic carbocycles. The average molecular weight is 378 g/mol. The number of pyridine rings is 1. The Balaban J connectivity index is 3.35. The molecule has 0 radical (unpaired) electrons. The van der Waals surface area contributed by atoms with Crippen LogP contribution < -0.4 is 0 Å². The molecule has 7 heteroatoms. The molecule has 1 heterocycles.